The number of amides is 2. The summed E-state index contributed by atoms with van der Waals surface area (Å²) in [6.07, 6.45) is 3.99. The molecule has 2 saturated heterocycles. The van der Waals surface area contributed by atoms with E-state index in [1.165, 1.54) is 17.3 Å². The molecule has 3 heterocycles. The minimum Gasteiger partial charge on any atom is -0.367 e. The van der Waals surface area contributed by atoms with E-state index >= 15 is 0 Å². The van der Waals surface area contributed by atoms with Gasteiger partial charge in [0.1, 0.15) is 6.61 Å². The fourth-order valence-corrected chi connectivity index (χ4v) is 4.39. The van der Waals surface area contributed by atoms with Crippen LogP contribution in [0.5, 0.6) is 0 Å². The zero-order chi connectivity index (χ0) is 16.4. The molecule has 1 spiro atoms. The number of thioether (sulfide) groups is 1. The second kappa shape index (κ2) is 6.45. The molecule has 1 aromatic heterocycles. The molecule has 3 rings (SSSR count). The monoisotopic (exact) mass is 336 g/mol. The Kier molecular flexibility index (Phi) is 4.54. The third kappa shape index (κ3) is 3.48. The van der Waals surface area contributed by atoms with E-state index < -0.39 is 0 Å². The van der Waals surface area contributed by atoms with Gasteiger partial charge in [-0.15, -0.1) is 11.8 Å². The molecule has 2 aliphatic rings. The summed E-state index contributed by atoms with van der Waals surface area (Å²) in [4.78, 5) is 27.2. The smallest absolute Gasteiger partial charge is 0.255 e. The van der Waals surface area contributed by atoms with Crippen molar-refractivity contribution in [3.8, 4) is 0 Å². The van der Waals surface area contributed by atoms with Crippen molar-refractivity contribution in [3.63, 3.8) is 0 Å². The molecule has 0 aromatic carbocycles. The van der Waals surface area contributed by atoms with Gasteiger partial charge in [-0.2, -0.15) is 10.2 Å². The molecule has 0 N–H and O–H groups in total. The largest absolute Gasteiger partial charge is 0.367 e. The van der Waals surface area contributed by atoms with Gasteiger partial charge in [0.05, 0.1) is 28.8 Å². The fraction of sp³-hybridized carbons (Fsp3) is 0.600. The van der Waals surface area contributed by atoms with Crippen molar-refractivity contribution in [2.75, 3.05) is 39.5 Å². The van der Waals surface area contributed by atoms with Crippen LogP contribution in [-0.4, -0.2) is 82.2 Å². The third-order valence-electron chi connectivity index (χ3n) is 4.19. The quantitative estimate of drug-likeness (QED) is 0.786. The number of hydrogen-bond donors (Lipinski definition) is 0. The number of likely N-dealkylation sites (N-methyl/N-ethyl adjacent to an activating group) is 1. The first-order valence-electron chi connectivity index (χ1n) is 7.51. The molecule has 0 radical (unpaired) electrons. The highest BCUT2D eigenvalue weighted by molar-refractivity contribution is 8.01. The second-order valence-corrected chi connectivity index (χ2v) is 7.70. The van der Waals surface area contributed by atoms with Crippen LogP contribution in [-0.2, 0) is 9.53 Å². The zero-order valence-electron chi connectivity index (χ0n) is 13.3. The first-order valence-corrected chi connectivity index (χ1v) is 8.49. The van der Waals surface area contributed by atoms with Gasteiger partial charge in [0.2, 0.25) is 5.91 Å². The predicted molar refractivity (Wildman–Crippen MR) is 86.2 cm³/mol. The number of ether oxygens (including phenoxy) is 1. The summed E-state index contributed by atoms with van der Waals surface area (Å²) < 4.78 is 5.79. The standard InChI is InChI=1S/C15H20N4O3S/c1-18(2)13(20)7-22-12-5-15(23-8-12)9-19(10-15)14(21)11-3-4-16-17-6-11/h3-4,6,12H,5,7-10H2,1-2H3. The Balaban J connectivity index is 1.47. The lowest BCUT2D eigenvalue weighted by Crippen LogP contribution is -2.60. The van der Waals surface area contributed by atoms with Crippen molar-refractivity contribution in [2.24, 2.45) is 0 Å². The normalized spacial score (nSPS) is 22.0. The average Bonchev–Trinajstić information content (AvgIpc) is 2.96. The molecule has 23 heavy (non-hydrogen) atoms. The van der Waals surface area contributed by atoms with Crippen molar-refractivity contribution in [2.45, 2.75) is 17.3 Å². The van der Waals surface area contributed by atoms with Gasteiger partial charge in [0, 0.05) is 32.9 Å². The Morgan fingerprint density at radius 1 is 1.43 bits per heavy atom. The maximum atomic E-state index is 12.3. The van der Waals surface area contributed by atoms with Crippen LogP contribution in [0.4, 0.5) is 0 Å². The van der Waals surface area contributed by atoms with E-state index in [1.807, 2.05) is 16.7 Å². The van der Waals surface area contributed by atoms with E-state index in [9.17, 15) is 9.59 Å². The molecule has 2 amide bonds. The summed E-state index contributed by atoms with van der Waals surface area (Å²) in [5.74, 6) is 0.851. The fourth-order valence-electron chi connectivity index (χ4n) is 2.84. The van der Waals surface area contributed by atoms with E-state index in [4.69, 9.17) is 4.74 Å². The maximum absolute atomic E-state index is 12.3. The van der Waals surface area contributed by atoms with E-state index in [1.54, 1.807) is 20.2 Å². The van der Waals surface area contributed by atoms with Crippen LogP contribution in [0.3, 0.4) is 0 Å². The number of hydrogen-bond acceptors (Lipinski definition) is 6. The molecule has 1 atom stereocenters. The number of carbonyl (C=O) groups excluding carboxylic acids is 2. The van der Waals surface area contributed by atoms with Gasteiger partial charge in [0.25, 0.3) is 5.91 Å². The van der Waals surface area contributed by atoms with Crippen LogP contribution in [0, 0.1) is 0 Å². The molecular formula is C15H20N4O3S. The Labute approximate surface area is 139 Å². The van der Waals surface area contributed by atoms with E-state index in [-0.39, 0.29) is 29.3 Å². The van der Waals surface area contributed by atoms with Gasteiger partial charge in [-0.25, -0.2) is 0 Å². The highest BCUT2D eigenvalue weighted by Gasteiger charge is 2.51. The zero-order valence-corrected chi connectivity index (χ0v) is 14.1. The van der Waals surface area contributed by atoms with E-state index in [2.05, 4.69) is 10.2 Å². The number of likely N-dealkylation sites (tertiary alicyclic amines) is 1. The molecule has 0 bridgehead atoms. The molecule has 7 nitrogen and oxygen atoms in total. The van der Waals surface area contributed by atoms with Crippen LogP contribution >= 0.6 is 11.8 Å². The van der Waals surface area contributed by atoms with E-state index in [0.29, 0.717) is 5.56 Å². The van der Waals surface area contributed by atoms with Gasteiger partial charge >= 0.3 is 0 Å². The SMILES string of the molecule is CN(C)C(=O)COC1CSC2(C1)CN(C(=O)c1ccnnc1)C2. The summed E-state index contributed by atoms with van der Waals surface area (Å²) in [6.45, 7) is 1.57. The lowest BCUT2D eigenvalue weighted by molar-refractivity contribution is -0.135. The van der Waals surface area contributed by atoms with Crippen LogP contribution in [0.2, 0.25) is 0 Å². The minimum atomic E-state index is -0.0217. The molecule has 0 aliphatic carbocycles. The summed E-state index contributed by atoms with van der Waals surface area (Å²) in [5, 5.41) is 7.43. The molecular weight excluding hydrogens is 316 g/mol. The lowest BCUT2D eigenvalue weighted by atomic mass is 9.92. The lowest BCUT2D eigenvalue weighted by Gasteiger charge is -2.47. The first kappa shape index (κ1) is 16.2. The minimum absolute atomic E-state index is 0.00159. The van der Waals surface area contributed by atoms with Gasteiger partial charge in [-0.3, -0.25) is 9.59 Å². The highest BCUT2D eigenvalue weighted by atomic mass is 32.2. The molecule has 1 aromatic rings. The number of carbonyl (C=O) groups is 2. The maximum Gasteiger partial charge on any atom is 0.255 e. The van der Waals surface area contributed by atoms with Crippen LogP contribution < -0.4 is 0 Å². The van der Waals surface area contributed by atoms with Crippen molar-refractivity contribution in [3.05, 3.63) is 24.0 Å². The van der Waals surface area contributed by atoms with Crippen molar-refractivity contribution >= 4 is 23.6 Å². The van der Waals surface area contributed by atoms with Crippen molar-refractivity contribution in [1.29, 1.82) is 0 Å². The number of nitrogens with zero attached hydrogens (tertiary/aromatic N) is 4. The average molecular weight is 336 g/mol. The summed E-state index contributed by atoms with van der Waals surface area (Å²) in [7, 11) is 3.44. The topological polar surface area (TPSA) is 75.6 Å². The molecule has 8 heteroatoms. The molecule has 2 aliphatic heterocycles. The first-order chi connectivity index (χ1) is 11.0. The molecule has 124 valence electrons. The Morgan fingerprint density at radius 2 is 2.22 bits per heavy atom. The van der Waals surface area contributed by atoms with E-state index in [0.717, 1.165) is 25.3 Å². The van der Waals surface area contributed by atoms with Crippen LogP contribution in [0.15, 0.2) is 18.5 Å². The summed E-state index contributed by atoms with van der Waals surface area (Å²) in [6, 6.07) is 1.68. The van der Waals surface area contributed by atoms with Crippen molar-refractivity contribution < 1.29 is 14.3 Å². The predicted octanol–water partition coefficient (Wildman–Crippen LogP) is 0.281. The molecule has 1 unspecified atom stereocenters. The Bertz CT molecular complexity index is 590. The van der Waals surface area contributed by atoms with Crippen molar-refractivity contribution in [1.82, 2.24) is 20.0 Å². The molecule has 2 fully saturated rings. The second-order valence-electron chi connectivity index (χ2n) is 6.21. The van der Waals surface area contributed by atoms with Gasteiger partial charge < -0.3 is 14.5 Å². The highest BCUT2D eigenvalue weighted by Crippen LogP contribution is 2.46. The molecule has 0 saturated carbocycles. The van der Waals surface area contributed by atoms with Gasteiger partial charge in [-0.05, 0) is 12.5 Å². The van der Waals surface area contributed by atoms with Crippen LogP contribution in [0.25, 0.3) is 0 Å². The Hall–Kier alpha value is -1.67. The van der Waals surface area contributed by atoms with Crippen LogP contribution in [0.1, 0.15) is 16.8 Å². The Morgan fingerprint density at radius 3 is 2.87 bits per heavy atom. The summed E-state index contributed by atoms with van der Waals surface area (Å²) >= 11 is 1.84. The number of aromatic nitrogens is 2. The number of rotatable bonds is 4. The van der Waals surface area contributed by atoms with Gasteiger partial charge in [-0.1, -0.05) is 0 Å². The summed E-state index contributed by atoms with van der Waals surface area (Å²) in [5.41, 5.74) is 0.572. The third-order valence-corrected chi connectivity index (χ3v) is 5.77. The van der Waals surface area contributed by atoms with Gasteiger partial charge in [0.15, 0.2) is 0 Å².